The highest BCUT2D eigenvalue weighted by Gasteiger charge is 2.24. The van der Waals surface area contributed by atoms with Crippen molar-refractivity contribution in [3.8, 4) is 5.75 Å². The Morgan fingerprint density at radius 2 is 1.90 bits per heavy atom. The molecule has 0 N–H and O–H groups in total. The molecular formula is C16H20FNO3. The molecule has 0 aliphatic carbocycles. The molecule has 1 unspecified atom stereocenters. The summed E-state index contributed by atoms with van der Waals surface area (Å²) < 4.78 is 19.3. The molecule has 21 heavy (non-hydrogen) atoms. The number of Topliss-reactive ketones (excluding diaryl/α,β-unsaturated/α-hetero) is 1. The van der Waals surface area contributed by atoms with Crippen LogP contribution < -0.4 is 4.74 Å². The maximum absolute atomic E-state index is 13.9. The summed E-state index contributed by atoms with van der Waals surface area (Å²) in [7, 11) is 0. The largest absolute Gasteiger partial charge is 0.478 e. The van der Waals surface area contributed by atoms with Gasteiger partial charge in [-0.25, -0.2) is 4.39 Å². The van der Waals surface area contributed by atoms with Gasteiger partial charge in [-0.2, -0.15) is 0 Å². The smallest absolute Gasteiger partial charge is 0.263 e. The van der Waals surface area contributed by atoms with Gasteiger partial charge in [-0.05, 0) is 51.3 Å². The van der Waals surface area contributed by atoms with Gasteiger partial charge in [0.25, 0.3) is 5.91 Å². The van der Waals surface area contributed by atoms with Crippen molar-refractivity contribution in [1.29, 1.82) is 0 Å². The Hall–Kier alpha value is -1.91. The number of nitrogens with zero attached hydrogens (tertiary/aromatic N) is 1. The van der Waals surface area contributed by atoms with Gasteiger partial charge >= 0.3 is 0 Å². The van der Waals surface area contributed by atoms with E-state index in [0.717, 1.165) is 38.4 Å². The average molecular weight is 293 g/mol. The highest BCUT2D eigenvalue weighted by atomic mass is 19.1. The summed E-state index contributed by atoms with van der Waals surface area (Å²) in [6.07, 6.45) is 2.40. The van der Waals surface area contributed by atoms with Gasteiger partial charge in [0.2, 0.25) is 0 Å². The van der Waals surface area contributed by atoms with Gasteiger partial charge < -0.3 is 9.64 Å². The topological polar surface area (TPSA) is 46.6 Å². The summed E-state index contributed by atoms with van der Waals surface area (Å²) in [5.74, 6) is -0.957. The number of amides is 1. The Morgan fingerprint density at radius 3 is 2.48 bits per heavy atom. The van der Waals surface area contributed by atoms with E-state index in [9.17, 15) is 14.0 Å². The lowest BCUT2D eigenvalue weighted by Gasteiger charge is -2.29. The van der Waals surface area contributed by atoms with Crippen LogP contribution in [0.25, 0.3) is 0 Å². The van der Waals surface area contributed by atoms with Crippen molar-refractivity contribution in [3.05, 3.63) is 29.6 Å². The number of likely N-dealkylation sites (tertiary alicyclic amines) is 1. The van der Waals surface area contributed by atoms with E-state index in [1.54, 1.807) is 11.8 Å². The lowest BCUT2D eigenvalue weighted by Crippen LogP contribution is -2.43. The summed E-state index contributed by atoms with van der Waals surface area (Å²) in [5.41, 5.74) is 0.287. The molecule has 0 aromatic heterocycles. The van der Waals surface area contributed by atoms with Gasteiger partial charge in [0.05, 0.1) is 0 Å². The number of carbonyl (C=O) groups excluding carboxylic acids is 2. The fourth-order valence-corrected chi connectivity index (χ4v) is 2.43. The molecule has 1 aliphatic heterocycles. The van der Waals surface area contributed by atoms with Crippen LogP contribution in [0.5, 0.6) is 5.75 Å². The second kappa shape index (κ2) is 6.70. The second-order valence-electron chi connectivity index (χ2n) is 5.35. The number of hydrogen-bond acceptors (Lipinski definition) is 3. The van der Waals surface area contributed by atoms with Crippen LogP contribution in [0, 0.1) is 5.82 Å². The zero-order valence-corrected chi connectivity index (χ0v) is 12.4. The van der Waals surface area contributed by atoms with E-state index >= 15 is 0 Å². The molecule has 0 radical (unpaired) electrons. The van der Waals surface area contributed by atoms with Crippen LogP contribution in [0.15, 0.2) is 18.2 Å². The summed E-state index contributed by atoms with van der Waals surface area (Å²) >= 11 is 0. The fraction of sp³-hybridized carbons (Fsp3) is 0.500. The Kier molecular flexibility index (Phi) is 4.94. The first-order valence-corrected chi connectivity index (χ1v) is 7.25. The van der Waals surface area contributed by atoms with E-state index in [2.05, 4.69) is 0 Å². The van der Waals surface area contributed by atoms with Crippen LogP contribution in [0.1, 0.15) is 43.5 Å². The van der Waals surface area contributed by atoms with Crippen molar-refractivity contribution in [1.82, 2.24) is 4.90 Å². The normalized spacial score (nSPS) is 16.4. The summed E-state index contributed by atoms with van der Waals surface area (Å²) in [6.45, 7) is 4.46. The lowest BCUT2D eigenvalue weighted by molar-refractivity contribution is -0.138. The first-order valence-electron chi connectivity index (χ1n) is 7.25. The quantitative estimate of drug-likeness (QED) is 0.802. The summed E-state index contributed by atoms with van der Waals surface area (Å²) in [5, 5.41) is 0. The molecule has 2 rings (SSSR count). The highest BCUT2D eigenvalue weighted by Crippen LogP contribution is 2.21. The van der Waals surface area contributed by atoms with Crippen LogP contribution in [-0.2, 0) is 4.79 Å². The molecule has 5 heteroatoms. The minimum absolute atomic E-state index is 0.00198. The van der Waals surface area contributed by atoms with Gasteiger partial charge in [-0.3, -0.25) is 9.59 Å². The SMILES string of the molecule is CC(=O)c1ccc(OC(C)C(=O)N2CCCCC2)c(F)c1. The van der Waals surface area contributed by atoms with Crippen molar-refractivity contribution < 1.29 is 18.7 Å². The lowest BCUT2D eigenvalue weighted by atomic mass is 10.1. The third-order valence-electron chi connectivity index (χ3n) is 3.66. The molecule has 0 spiro atoms. The van der Waals surface area contributed by atoms with Crippen LogP contribution in [0.2, 0.25) is 0 Å². The van der Waals surface area contributed by atoms with E-state index < -0.39 is 11.9 Å². The third-order valence-corrected chi connectivity index (χ3v) is 3.66. The van der Waals surface area contributed by atoms with Gasteiger partial charge in [0.1, 0.15) is 0 Å². The Morgan fingerprint density at radius 1 is 1.24 bits per heavy atom. The minimum atomic E-state index is -0.735. The summed E-state index contributed by atoms with van der Waals surface area (Å²) in [4.78, 5) is 25.2. The molecule has 1 heterocycles. The Bertz CT molecular complexity index is 538. The van der Waals surface area contributed by atoms with Gasteiger partial charge in [-0.1, -0.05) is 0 Å². The first kappa shape index (κ1) is 15.5. The number of halogens is 1. The molecule has 0 saturated carbocycles. The van der Waals surface area contributed by atoms with Crippen molar-refractivity contribution in [2.45, 2.75) is 39.2 Å². The maximum Gasteiger partial charge on any atom is 0.263 e. The predicted octanol–water partition coefficient (Wildman–Crippen LogP) is 2.81. The molecule has 1 atom stereocenters. The number of benzene rings is 1. The predicted molar refractivity (Wildman–Crippen MR) is 76.9 cm³/mol. The van der Waals surface area contributed by atoms with Crippen LogP contribution in [-0.4, -0.2) is 35.8 Å². The standard InChI is InChI=1S/C16H20FNO3/c1-11(19)13-6-7-15(14(17)10-13)21-12(2)16(20)18-8-4-3-5-9-18/h6-7,10,12H,3-5,8-9H2,1-2H3. The molecule has 1 aliphatic rings. The van der Waals surface area contributed by atoms with E-state index in [4.69, 9.17) is 4.74 Å². The Labute approximate surface area is 123 Å². The van der Waals surface area contributed by atoms with Crippen LogP contribution in [0.4, 0.5) is 4.39 Å². The van der Waals surface area contributed by atoms with E-state index in [1.807, 2.05) is 0 Å². The number of ether oxygens (including phenoxy) is 1. The van der Waals surface area contributed by atoms with Gasteiger partial charge in [0.15, 0.2) is 23.5 Å². The molecule has 1 aromatic rings. The van der Waals surface area contributed by atoms with Crippen molar-refractivity contribution >= 4 is 11.7 Å². The van der Waals surface area contributed by atoms with E-state index in [1.165, 1.54) is 19.1 Å². The zero-order valence-electron chi connectivity index (χ0n) is 12.4. The van der Waals surface area contributed by atoms with Crippen LogP contribution in [0.3, 0.4) is 0 Å². The maximum atomic E-state index is 13.9. The van der Waals surface area contributed by atoms with E-state index in [0.29, 0.717) is 0 Å². The Balaban J connectivity index is 2.03. The minimum Gasteiger partial charge on any atom is -0.478 e. The molecule has 1 aromatic carbocycles. The van der Waals surface area contributed by atoms with Gasteiger partial charge in [0, 0.05) is 18.7 Å². The molecule has 1 saturated heterocycles. The molecule has 4 nitrogen and oxygen atoms in total. The van der Waals surface area contributed by atoms with Crippen molar-refractivity contribution in [2.75, 3.05) is 13.1 Å². The first-order chi connectivity index (χ1) is 9.99. The summed E-state index contributed by atoms with van der Waals surface area (Å²) in [6, 6.07) is 4.03. The fourth-order valence-electron chi connectivity index (χ4n) is 2.43. The highest BCUT2D eigenvalue weighted by molar-refractivity contribution is 5.94. The number of piperidine rings is 1. The molecule has 0 bridgehead atoms. The number of rotatable bonds is 4. The number of carbonyl (C=O) groups is 2. The number of ketones is 1. The zero-order chi connectivity index (χ0) is 15.4. The third kappa shape index (κ3) is 3.80. The molecule has 1 amide bonds. The molecule has 114 valence electrons. The second-order valence-corrected chi connectivity index (χ2v) is 5.35. The van der Waals surface area contributed by atoms with Crippen molar-refractivity contribution in [3.63, 3.8) is 0 Å². The molecular weight excluding hydrogens is 273 g/mol. The molecule has 1 fully saturated rings. The van der Waals surface area contributed by atoms with Gasteiger partial charge in [-0.15, -0.1) is 0 Å². The van der Waals surface area contributed by atoms with Crippen molar-refractivity contribution in [2.24, 2.45) is 0 Å². The number of hydrogen-bond donors (Lipinski definition) is 0. The monoisotopic (exact) mass is 293 g/mol. The van der Waals surface area contributed by atoms with Crippen LogP contribution >= 0.6 is 0 Å². The van der Waals surface area contributed by atoms with E-state index in [-0.39, 0.29) is 23.0 Å². The average Bonchev–Trinajstić information content (AvgIpc) is 2.49.